The van der Waals surface area contributed by atoms with Crippen molar-refractivity contribution < 1.29 is 14.3 Å². The van der Waals surface area contributed by atoms with Crippen molar-refractivity contribution in [3.8, 4) is 0 Å². The third kappa shape index (κ3) is 5.10. The highest BCUT2D eigenvalue weighted by Gasteiger charge is 2.08. The average molecular weight is 306 g/mol. The molecule has 0 unspecified atom stereocenters. The van der Waals surface area contributed by atoms with Gasteiger partial charge in [-0.25, -0.2) is 0 Å². The van der Waals surface area contributed by atoms with E-state index in [1.54, 1.807) is 48.7 Å². The smallest absolute Gasteiger partial charge is 0.244 e. The van der Waals surface area contributed by atoms with E-state index in [0.29, 0.717) is 23.7 Å². The topological polar surface area (TPSA) is 62.5 Å². The lowest BCUT2D eigenvalue weighted by Crippen LogP contribution is -2.23. The zero-order chi connectivity index (χ0) is 15.1. The second-order valence-electron chi connectivity index (χ2n) is 4.50. The number of aliphatic hydroxyl groups is 1. The fourth-order valence-electron chi connectivity index (χ4n) is 1.82. The van der Waals surface area contributed by atoms with Gasteiger partial charge in [-0.05, 0) is 42.3 Å². The van der Waals surface area contributed by atoms with Crippen LogP contribution in [0.2, 0.25) is 5.02 Å². The maximum absolute atomic E-state index is 11.6. The van der Waals surface area contributed by atoms with Crippen LogP contribution >= 0.6 is 11.6 Å². The summed E-state index contributed by atoms with van der Waals surface area (Å²) < 4.78 is 5.08. The van der Waals surface area contributed by atoms with Crippen LogP contribution in [0.5, 0.6) is 0 Å². The third-order valence-electron chi connectivity index (χ3n) is 2.89. The fraction of sp³-hybridized carbons (Fsp3) is 0.188. The van der Waals surface area contributed by atoms with Crippen LogP contribution in [-0.2, 0) is 4.79 Å². The van der Waals surface area contributed by atoms with Gasteiger partial charge in [-0.3, -0.25) is 4.79 Å². The molecule has 2 rings (SSSR count). The van der Waals surface area contributed by atoms with E-state index in [1.807, 2.05) is 0 Å². The normalized spacial score (nSPS) is 12.5. The maximum Gasteiger partial charge on any atom is 0.244 e. The molecule has 0 radical (unpaired) electrons. The molecule has 0 aliphatic carbocycles. The van der Waals surface area contributed by atoms with E-state index < -0.39 is 6.10 Å². The summed E-state index contributed by atoms with van der Waals surface area (Å²) >= 11 is 5.86. The molecule has 2 aromatic rings. The number of nitrogens with one attached hydrogen (secondary N) is 1. The van der Waals surface area contributed by atoms with Crippen molar-refractivity contribution in [1.29, 1.82) is 0 Å². The molecule has 0 bridgehead atoms. The molecule has 0 aliphatic rings. The largest absolute Gasteiger partial charge is 0.465 e. The maximum atomic E-state index is 11.6. The molecule has 0 fully saturated rings. The Morgan fingerprint density at radius 2 is 2.24 bits per heavy atom. The van der Waals surface area contributed by atoms with Crippen LogP contribution in [0.25, 0.3) is 6.08 Å². The van der Waals surface area contributed by atoms with Crippen LogP contribution < -0.4 is 5.32 Å². The highest BCUT2D eigenvalue weighted by atomic mass is 35.5. The van der Waals surface area contributed by atoms with Crippen molar-refractivity contribution in [3.63, 3.8) is 0 Å². The molecule has 1 atom stereocenters. The number of carbonyl (C=O) groups is 1. The monoisotopic (exact) mass is 305 g/mol. The summed E-state index contributed by atoms with van der Waals surface area (Å²) in [5.74, 6) is 0.383. The third-order valence-corrected chi connectivity index (χ3v) is 3.13. The lowest BCUT2D eigenvalue weighted by atomic mass is 10.1. The number of amides is 1. The number of hydrogen-bond donors (Lipinski definition) is 2. The highest BCUT2D eigenvalue weighted by Crippen LogP contribution is 2.19. The van der Waals surface area contributed by atoms with Gasteiger partial charge in [0, 0.05) is 17.6 Å². The molecule has 1 amide bonds. The van der Waals surface area contributed by atoms with Crippen molar-refractivity contribution in [2.24, 2.45) is 0 Å². The molecule has 1 aromatic carbocycles. The molecule has 4 nitrogen and oxygen atoms in total. The van der Waals surface area contributed by atoms with Crippen LogP contribution in [0.15, 0.2) is 53.2 Å². The van der Waals surface area contributed by atoms with Gasteiger partial charge in [-0.2, -0.15) is 0 Å². The number of benzene rings is 1. The van der Waals surface area contributed by atoms with E-state index in [4.69, 9.17) is 16.0 Å². The van der Waals surface area contributed by atoms with Crippen LogP contribution in [0.4, 0.5) is 0 Å². The van der Waals surface area contributed by atoms with Gasteiger partial charge in [0.05, 0.1) is 12.4 Å². The molecule has 1 heterocycles. The van der Waals surface area contributed by atoms with E-state index in [1.165, 1.54) is 6.08 Å². The van der Waals surface area contributed by atoms with Crippen LogP contribution in [-0.4, -0.2) is 17.6 Å². The summed E-state index contributed by atoms with van der Waals surface area (Å²) in [5.41, 5.74) is 0.739. The number of aliphatic hydroxyl groups excluding tert-OH is 1. The van der Waals surface area contributed by atoms with Gasteiger partial charge in [-0.15, -0.1) is 0 Å². The van der Waals surface area contributed by atoms with E-state index in [9.17, 15) is 9.90 Å². The molecule has 0 aliphatic heterocycles. The Balaban J connectivity index is 1.75. The number of rotatable bonds is 6. The first-order valence-electron chi connectivity index (χ1n) is 6.58. The minimum atomic E-state index is -0.655. The second-order valence-corrected chi connectivity index (χ2v) is 4.94. The fourth-order valence-corrected chi connectivity index (χ4v) is 2.01. The molecule has 5 heteroatoms. The Labute approximate surface area is 128 Å². The van der Waals surface area contributed by atoms with Crippen molar-refractivity contribution in [3.05, 3.63) is 65.1 Å². The highest BCUT2D eigenvalue weighted by molar-refractivity contribution is 6.30. The van der Waals surface area contributed by atoms with Gasteiger partial charge in [0.15, 0.2) is 0 Å². The van der Waals surface area contributed by atoms with Crippen molar-refractivity contribution in [1.82, 2.24) is 5.32 Å². The van der Waals surface area contributed by atoms with Gasteiger partial charge >= 0.3 is 0 Å². The van der Waals surface area contributed by atoms with Crippen molar-refractivity contribution in [2.75, 3.05) is 6.54 Å². The summed E-state index contributed by atoms with van der Waals surface area (Å²) in [6.45, 7) is 0.370. The zero-order valence-corrected chi connectivity index (χ0v) is 12.1. The second kappa shape index (κ2) is 7.67. The van der Waals surface area contributed by atoms with Crippen molar-refractivity contribution in [2.45, 2.75) is 12.5 Å². The molecular weight excluding hydrogens is 290 g/mol. The first-order chi connectivity index (χ1) is 10.1. The molecule has 0 saturated heterocycles. The molecule has 0 saturated carbocycles. The van der Waals surface area contributed by atoms with E-state index in [-0.39, 0.29) is 5.91 Å². The average Bonchev–Trinajstić information content (AvgIpc) is 2.98. The van der Waals surface area contributed by atoms with E-state index >= 15 is 0 Å². The van der Waals surface area contributed by atoms with E-state index in [0.717, 1.165) is 5.56 Å². The Hall–Kier alpha value is -2.04. The Kier molecular flexibility index (Phi) is 5.60. The lowest BCUT2D eigenvalue weighted by Gasteiger charge is -2.11. The number of carbonyl (C=O) groups excluding carboxylic acids is 1. The molecular formula is C16H16ClNO3. The Morgan fingerprint density at radius 3 is 2.95 bits per heavy atom. The van der Waals surface area contributed by atoms with Gasteiger partial charge in [-0.1, -0.05) is 23.7 Å². The van der Waals surface area contributed by atoms with E-state index in [2.05, 4.69) is 5.32 Å². The first kappa shape index (κ1) is 15.4. The molecule has 110 valence electrons. The predicted molar refractivity (Wildman–Crippen MR) is 81.8 cm³/mol. The summed E-state index contributed by atoms with van der Waals surface area (Å²) in [6, 6.07) is 10.6. The molecule has 21 heavy (non-hydrogen) atoms. The quantitative estimate of drug-likeness (QED) is 0.806. The first-order valence-corrected chi connectivity index (χ1v) is 6.96. The summed E-state index contributed by atoms with van der Waals surface area (Å²) in [6.07, 6.45) is 4.28. The van der Waals surface area contributed by atoms with Gasteiger partial charge < -0.3 is 14.8 Å². The summed E-state index contributed by atoms with van der Waals surface area (Å²) in [7, 11) is 0. The van der Waals surface area contributed by atoms with Gasteiger partial charge in [0.2, 0.25) is 5.91 Å². The molecule has 1 aromatic heterocycles. The zero-order valence-electron chi connectivity index (χ0n) is 11.3. The number of halogens is 1. The van der Waals surface area contributed by atoms with Crippen LogP contribution in [0.1, 0.15) is 23.8 Å². The predicted octanol–water partition coefficient (Wildman–Crippen LogP) is 3.19. The summed E-state index contributed by atoms with van der Waals surface area (Å²) in [4.78, 5) is 11.6. The minimum Gasteiger partial charge on any atom is -0.465 e. The number of hydrogen-bond acceptors (Lipinski definition) is 3. The lowest BCUT2D eigenvalue weighted by molar-refractivity contribution is -0.116. The van der Waals surface area contributed by atoms with Gasteiger partial charge in [0.25, 0.3) is 0 Å². The standard InChI is InChI=1S/C16H16ClNO3/c17-13-4-1-3-12(11-13)15(19)8-9-18-16(20)7-6-14-5-2-10-21-14/h1-7,10-11,15,19H,8-9H2,(H,18,20)/b7-6+/t15-/m1/s1. The van der Waals surface area contributed by atoms with Gasteiger partial charge in [0.1, 0.15) is 5.76 Å². The Morgan fingerprint density at radius 1 is 1.38 bits per heavy atom. The number of furan rings is 1. The van der Waals surface area contributed by atoms with Crippen molar-refractivity contribution >= 4 is 23.6 Å². The summed E-state index contributed by atoms with van der Waals surface area (Å²) in [5, 5.41) is 13.3. The Bertz CT molecular complexity index is 608. The molecule has 2 N–H and O–H groups in total. The van der Waals surface area contributed by atoms with Crippen LogP contribution in [0, 0.1) is 0 Å². The molecule has 0 spiro atoms. The minimum absolute atomic E-state index is 0.232. The van der Waals surface area contributed by atoms with Crippen LogP contribution in [0.3, 0.4) is 0 Å². The SMILES string of the molecule is O=C(/C=C/c1ccco1)NCC[C@@H](O)c1cccc(Cl)c1.